The molecule has 0 aromatic heterocycles. The summed E-state index contributed by atoms with van der Waals surface area (Å²) in [5.74, 6) is 0. The fraction of sp³-hybridized carbons (Fsp3) is 0.700. The van der Waals surface area contributed by atoms with Crippen molar-refractivity contribution in [3.05, 3.63) is 11.6 Å². The molecular weight excluding hydrogens is 196 g/mol. The Labute approximate surface area is 90.5 Å². The number of hydrogen-bond donors (Lipinski definition) is 1. The third-order valence-corrected chi connectivity index (χ3v) is 2.90. The Morgan fingerprint density at radius 2 is 2.00 bits per heavy atom. The molecule has 1 saturated heterocycles. The summed E-state index contributed by atoms with van der Waals surface area (Å²) in [6, 6.07) is 0. The summed E-state index contributed by atoms with van der Waals surface area (Å²) >= 11 is 4.83. The van der Waals surface area contributed by atoms with E-state index in [1.807, 2.05) is 27.7 Å². The lowest BCUT2D eigenvalue weighted by Crippen LogP contribution is -2.44. The molecule has 1 rings (SSSR count). The van der Waals surface area contributed by atoms with Gasteiger partial charge in [0.15, 0.2) is 0 Å². The molecule has 0 bridgehead atoms. The Bertz CT molecular complexity index is 294. The van der Waals surface area contributed by atoms with Gasteiger partial charge in [0.05, 0.1) is 10.5 Å². The summed E-state index contributed by atoms with van der Waals surface area (Å²) in [6.07, 6.45) is 2.47. The summed E-state index contributed by atoms with van der Waals surface area (Å²) in [4.78, 5) is 0.346. The fourth-order valence-electron chi connectivity index (χ4n) is 2.04. The SMILES string of the molecule is CC1(C)CC(=CC(N)=S)C(C)(C)N1[O]. The van der Waals surface area contributed by atoms with Crippen LogP contribution in [0.4, 0.5) is 0 Å². The minimum Gasteiger partial charge on any atom is -0.390 e. The van der Waals surface area contributed by atoms with E-state index >= 15 is 0 Å². The van der Waals surface area contributed by atoms with Crippen LogP contribution in [-0.2, 0) is 5.21 Å². The highest BCUT2D eigenvalue weighted by Gasteiger charge is 2.48. The number of thiocarbonyl (C=S) groups is 1. The van der Waals surface area contributed by atoms with Gasteiger partial charge in [0.2, 0.25) is 0 Å². The van der Waals surface area contributed by atoms with Crippen molar-refractivity contribution < 1.29 is 5.21 Å². The van der Waals surface area contributed by atoms with E-state index in [0.717, 1.165) is 17.1 Å². The molecule has 0 aromatic rings. The molecule has 1 radical (unpaired) electrons. The first-order valence-corrected chi connectivity index (χ1v) is 5.07. The highest BCUT2D eigenvalue weighted by molar-refractivity contribution is 7.80. The van der Waals surface area contributed by atoms with Crippen molar-refractivity contribution in [3.8, 4) is 0 Å². The van der Waals surface area contributed by atoms with E-state index in [1.54, 1.807) is 6.08 Å². The zero-order valence-corrected chi connectivity index (χ0v) is 9.94. The molecule has 0 atom stereocenters. The topological polar surface area (TPSA) is 49.2 Å². The molecule has 0 aromatic carbocycles. The fourth-order valence-corrected chi connectivity index (χ4v) is 2.18. The van der Waals surface area contributed by atoms with Crippen LogP contribution in [0.15, 0.2) is 11.6 Å². The van der Waals surface area contributed by atoms with Crippen molar-refractivity contribution in [2.24, 2.45) is 5.73 Å². The summed E-state index contributed by atoms with van der Waals surface area (Å²) in [7, 11) is 0. The first kappa shape index (κ1) is 11.6. The highest BCUT2D eigenvalue weighted by Crippen LogP contribution is 2.43. The molecule has 0 unspecified atom stereocenters. The van der Waals surface area contributed by atoms with E-state index in [-0.39, 0.29) is 5.54 Å². The van der Waals surface area contributed by atoms with Gasteiger partial charge < -0.3 is 5.73 Å². The van der Waals surface area contributed by atoms with Gasteiger partial charge in [-0.15, -0.1) is 10.3 Å². The third kappa shape index (κ3) is 1.82. The predicted octanol–water partition coefficient (Wildman–Crippen LogP) is 1.81. The Kier molecular flexibility index (Phi) is 2.73. The first-order chi connectivity index (χ1) is 6.18. The van der Waals surface area contributed by atoms with Crippen LogP contribution in [0.25, 0.3) is 0 Å². The van der Waals surface area contributed by atoms with Crippen LogP contribution in [0.2, 0.25) is 0 Å². The van der Waals surface area contributed by atoms with Crippen LogP contribution in [-0.4, -0.2) is 21.1 Å². The number of hydroxylamine groups is 2. The molecule has 0 aliphatic carbocycles. The minimum atomic E-state index is -0.493. The Balaban J connectivity index is 3.09. The molecule has 4 heteroatoms. The van der Waals surface area contributed by atoms with E-state index < -0.39 is 5.54 Å². The van der Waals surface area contributed by atoms with Gasteiger partial charge in [0.25, 0.3) is 0 Å². The van der Waals surface area contributed by atoms with E-state index in [9.17, 15) is 5.21 Å². The lowest BCUT2D eigenvalue weighted by molar-refractivity contribution is -0.240. The molecule has 1 aliphatic heterocycles. The molecule has 2 N–H and O–H groups in total. The zero-order valence-electron chi connectivity index (χ0n) is 9.13. The van der Waals surface area contributed by atoms with Crippen LogP contribution in [0.3, 0.4) is 0 Å². The van der Waals surface area contributed by atoms with Crippen LogP contribution < -0.4 is 5.73 Å². The van der Waals surface area contributed by atoms with Crippen molar-refractivity contribution in [1.82, 2.24) is 5.06 Å². The maximum atomic E-state index is 11.9. The zero-order chi connectivity index (χ0) is 11.1. The Morgan fingerprint density at radius 3 is 2.29 bits per heavy atom. The Morgan fingerprint density at radius 1 is 1.50 bits per heavy atom. The smallest absolute Gasteiger partial charge is 0.0962 e. The number of nitrogens with two attached hydrogens (primary N) is 1. The molecule has 14 heavy (non-hydrogen) atoms. The second-order valence-corrected chi connectivity index (χ2v) is 5.39. The molecule has 0 saturated carbocycles. The monoisotopic (exact) mass is 213 g/mol. The Hall–Kier alpha value is -0.450. The van der Waals surface area contributed by atoms with Crippen LogP contribution in [0.1, 0.15) is 34.1 Å². The maximum Gasteiger partial charge on any atom is 0.0962 e. The van der Waals surface area contributed by atoms with Crippen molar-refractivity contribution in [3.63, 3.8) is 0 Å². The third-order valence-electron chi connectivity index (χ3n) is 2.78. The standard InChI is InChI=1S/C10H17N2OS/c1-9(2)6-7(5-8(11)14)10(3,4)12(9)13/h5H,6H2,1-4H3,(H2,11,14). The molecule has 0 amide bonds. The highest BCUT2D eigenvalue weighted by atomic mass is 32.1. The van der Waals surface area contributed by atoms with Crippen LogP contribution in [0.5, 0.6) is 0 Å². The van der Waals surface area contributed by atoms with E-state index in [0.29, 0.717) is 4.99 Å². The van der Waals surface area contributed by atoms with E-state index in [4.69, 9.17) is 18.0 Å². The van der Waals surface area contributed by atoms with E-state index in [1.165, 1.54) is 0 Å². The predicted molar refractivity (Wildman–Crippen MR) is 60.2 cm³/mol. The number of hydrogen-bond acceptors (Lipinski definition) is 2. The van der Waals surface area contributed by atoms with Gasteiger partial charge in [0.1, 0.15) is 0 Å². The average Bonchev–Trinajstić information content (AvgIpc) is 2.12. The lowest BCUT2D eigenvalue weighted by atomic mass is 9.93. The molecule has 3 nitrogen and oxygen atoms in total. The quantitative estimate of drug-likeness (QED) is 0.534. The van der Waals surface area contributed by atoms with E-state index in [2.05, 4.69) is 0 Å². The molecule has 0 spiro atoms. The molecule has 79 valence electrons. The minimum absolute atomic E-state index is 0.346. The summed E-state index contributed by atoms with van der Waals surface area (Å²) in [6.45, 7) is 7.67. The summed E-state index contributed by atoms with van der Waals surface area (Å²) in [5, 5.41) is 13.1. The molecule has 1 aliphatic rings. The number of nitrogens with zero attached hydrogens (tertiary/aromatic N) is 1. The normalized spacial score (nSPS) is 28.2. The lowest BCUT2D eigenvalue weighted by Gasteiger charge is -2.31. The van der Waals surface area contributed by atoms with Gasteiger partial charge in [-0.25, -0.2) is 0 Å². The van der Waals surface area contributed by atoms with Gasteiger partial charge in [-0.3, -0.25) is 0 Å². The van der Waals surface area contributed by atoms with Gasteiger partial charge in [-0.1, -0.05) is 12.2 Å². The summed E-state index contributed by atoms with van der Waals surface area (Å²) in [5.41, 5.74) is 5.63. The van der Waals surface area contributed by atoms with Crippen molar-refractivity contribution in [2.45, 2.75) is 45.2 Å². The van der Waals surface area contributed by atoms with Gasteiger partial charge in [-0.05, 0) is 45.8 Å². The van der Waals surface area contributed by atoms with Crippen molar-refractivity contribution in [2.75, 3.05) is 0 Å². The summed E-state index contributed by atoms with van der Waals surface area (Å²) < 4.78 is 0. The average molecular weight is 213 g/mol. The van der Waals surface area contributed by atoms with Crippen molar-refractivity contribution in [1.29, 1.82) is 0 Å². The van der Waals surface area contributed by atoms with Crippen LogP contribution >= 0.6 is 12.2 Å². The van der Waals surface area contributed by atoms with Crippen molar-refractivity contribution >= 4 is 17.2 Å². The molecule has 1 heterocycles. The van der Waals surface area contributed by atoms with Gasteiger partial charge in [0, 0.05) is 5.54 Å². The number of rotatable bonds is 1. The second-order valence-electron chi connectivity index (χ2n) is 4.91. The maximum absolute atomic E-state index is 11.9. The first-order valence-electron chi connectivity index (χ1n) is 4.66. The largest absolute Gasteiger partial charge is 0.390 e. The van der Waals surface area contributed by atoms with Gasteiger partial charge in [-0.2, -0.15) is 0 Å². The second kappa shape index (κ2) is 3.29. The van der Waals surface area contributed by atoms with Gasteiger partial charge >= 0.3 is 0 Å². The molecule has 1 fully saturated rings. The molecular formula is C10H17N2OS. The van der Waals surface area contributed by atoms with Crippen LogP contribution in [0, 0.1) is 0 Å².